The molecule has 0 aliphatic carbocycles. The molecule has 0 amide bonds. The largest absolute Gasteiger partial charge is 0.465 e. The molecule has 0 aliphatic heterocycles. The number of nitrogens with zero attached hydrogens (tertiary/aromatic N) is 3. The van der Waals surface area contributed by atoms with Gasteiger partial charge in [0.15, 0.2) is 5.76 Å². The van der Waals surface area contributed by atoms with Crippen LogP contribution in [0.25, 0.3) is 22.6 Å². The van der Waals surface area contributed by atoms with E-state index in [0.717, 1.165) is 37.2 Å². The number of hydrogen-bond acceptors (Lipinski definition) is 6. The molecule has 2 heterocycles. The maximum atomic E-state index is 11.7. The molecule has 7 nitrogen and oxygen atoms in total. The second-order valence-electron chi connectivity index (χ2n) is 7.18. The Balaban J connectivity index is 1.33. The van der Waals surface area contributed by atoms with Crippen LogP contribution in [0, 0.1) is 0 Å². The average molecular weight is 416 g/mol. The van der Waals surface area contributed by atoms with Gasteiger partial charge in [0.2, 0.25) is 0 Å². The zero-order valence-corrected chi connectivity index (χ0v) is 17.3. The van der Waals surface area contributed by atoms with E-state index in [0.29, 0.717) is 17.0 Å². The van der Waals surface area contributed by atoms with E-state index in [1.165, 1.54) is 12.7 Å². The van der Waals surface area contributed by atoms with Gasteiger partial charge in [-0.1, -0.05) is 41.6 Å². The Labute approximate surface area is 180 Å². The highest BCUT2D eigenvalue weighted by Crippen LogP contribution is 2.27. The van der Waals surface area contributed by atoms with Gasteiger partial charge in [0.25, 0.3) is 0 Å². The predicted molar refractivity (Wildman–Crippen MR) is 117 cm³/mol. The molecular formula is C24H24N4O3. The number of carbonyl (C=O) groups is 1. The molecule has 0 spiro atoms. The molecule has 0 aliphatic rings. The van der Waals surface area contributed by atoms with Crippen molar-refractivity contribution in [1.29, 1.82) is 0 Å². The summed E-state index contributed by atoms with van der Waals surface area (Å²) >= 11 is 0. The normalized spacial score (nSPS) is 10.9. The van der Waals surface area contributed by atoms with Crippen molar-refractivity contribution in [2.75, 3.05) is 13.7 Å². The lowest BCUT2D eigenvalue weighted by Crippen LogP contribution is -2.16. The van der Waals surface area contributed by atoms with Crippen LogP contribution < -0.4 is 5.32 Å². The van der Waals surface area contributed by atoms with Crippen LogP contribution in [-0.2, 0) is 17.8 Å². The second kappa shape index (κ2) is 9.86. The lowest BCUT2D eigenvalue weighted by atomic mass is 10.1. The summed E-state index contributed by atoms with van der Waals surface area (Å²) in [5.74, 6) is 0.301. The molecule has 31 heavy (non-hydrogen) atoms. The number of benzene rings is 2. The fourth-order valence-electron chi connectivity index (χ4n) is 3.30. The third-order valence-electron chi connectivity index (χ3n) is 4.99. The lowest BCUT2D eigenvalue weighted by molar-refractivity contribution is 0.0601. The number of hydrogen-bond donors (Lipinski definition) is 1. The molecule has 0 saturated heterocycles. The van der Waals surface area contributed by atoms with E-state index in [4.69, 9.17) is 9.26 Å². The molecule has 0 bridgehead atoms. The number of carbonyl (C=O) groups excluding carboxylic acids is 1. The molecule has 0 saturated carbocycles. The van der Waals surface area contributed by atoms with Crippen molar-refractivity contribution in [3.05, 3.63) is 84.4 Å². The summed E-state index contributed by atoms with van der Waals surface area (Å²) in [4.78, 5) is 15.8. The van der Waals surface area contributed by atoms with Crippen LogP contribution in [0.3, 0.4) is 0 Å². The monoisotopic (exact) mass is 416 g/mol. The highest BCUT2D eigenvalue weighted by atomic mass is 16.5. The SMILES string of the molecule is COC(=O)c1cccc(-c2cc(-c3ccc(CNCCCn4ccnc4)cc3)on2)c1. The summed E-state index contributed by atoms with van der Waals surface area (Å²) in [6, 6.07) is 17.2. The standard InChI is InChI=1S/C24H24N4O3/c1-30-24(29)21-5-2-4-20(14-21)22-15-23(31-27-22)19-8-6-18(7-9-19)16-25-10-3-12-28-13-11-26-17-28/h2,4-9,11,13-15,17,25H,3,10,12,16H2,1H3. The zero-order valence-electron chi connectivity index (χ0n) is 17.3. The minimum Gasteiger partial charge on any atom is -0.465 e. The van der Waals surface area contributed by atoms with Crippen molar-refractivity contribution in [3.8, 4) is 22.6 Å². The van der Waals surface area contributed by atoms with E-state index in [2.05, 4.69) is 32.2 Å². The number of rotatable bonds is 9. The van der Waals surface area contributed by atoms with E-state index in [1.807, 2.05) is 36.8 Å². The molecule has 158 valence electrons. The van der Waals surface area contributed by atoms with Crippen LogP contribution in [0.4, 0.5) is 0 Å². The van der Waals surface area contributed by atoms with Crippen molar-refractivity contribution >= 4 is 5.97 Å². The Morgan fingerprint density at radius 2 is 2.00 bits per heavy atom. The van der Waals surface area contributed by atoms with Gasteiger partial charge in [-0.15, -0.1) is 0 Å². The summed E-state index contributed by atoms with van der Waals surface area (Å²) in [5, 5.41) is 7.62. The molecule has 4 rings (SSSR count). The number of imidazole rings is 1. The quantitative estimate of drug-likeness (QED) is 0.326. The predicted octanol–water partition coefficient (Wildman–Crippen LogP) is 4.17. The number of aromatic nitrogens is 3. The van der Waals surface area contributed by atoms with Gasteiger partial charge in [-0.25, -0.2) is 9.78 Å². The maximum Gasteiger partial charge on any atom is 0.337 e. The number of nitrogens with one attached hydrogen (secondary N) is 1. The molecule has 4 aromatic rings. The van der Waals surface area contributed by atoms with Crippen LogP contribution >= 0.6 is 0 Å². The summed E-state index contributed by atoms with van der Waals surface area (Å²) < 4.78 is 12.4. The van der Waals surface area contributed by atoms with Gasteiger partial charge < -0.3 is 19.1 Å². The molecule has 7 heteroatoms. The highest BCUT2D eigenvalue weighted by Gasteiger charge is 2.11. The molecule has 0 fully saturated rings. The third-order valence-corrected chi connectivity index (χ3v) is 4.99. The van der Waals surface area contributed by atoms with Crippen molar-refractivity contribution in [3.63, 3.8) is 0 Å². The molecule has 0 unspecified atom stereocenters. The lowest BCUT2D eigenvalue weighted by Gasteiger charge is -2.06. The van der Waals surface area contributed by atoms with Crippen molar-refractivity contribution < 1.29 is 14.1 Å². The molecule has 2 aromatic heterocycles. The van der Waals surface area contributed by atoms with Crippen LogP contribution in [0.15, 0.2) is 77.8 Å². The molecule has 0 radical (unpaired) electrons. The first-order valence-electron chi connectivity index (χ1n) is 10.1. The Bertz CT molecular complexity index is 1120. The number of ether oxygens (including phenoxy) is 1. The van der Waals surface area contributed by atoms with Crippen LogP contribution in [-0.4, -0.2) is 34.3 Å². The van der Waals surface area contributed by atoms with Crippen LogP contribution in [0.5, 0.6) is 0 Å². The van der Waals surface area contributed by atoms with Gasteiger partial charge >= 0.3 is 5.97 Å². The molecular weight excluding hydrogens is 392 g/mol. The third kappa shape index (κ3) is 5.26. The Morgan fingerprint density at radius 1 is 1.13 bits per heavy atom. The fourth-order valence-corrected chi connectivity index (χ4v) is 3.30. The van der Waals surface area contributed by atoms with Gasteiger partial charge in [0.1, 0.15) is 5.69 Å². The van der Waals surface area contributed by atoms with Gasteiger partial charge in [0, 0.05) is 42.7 Å². The molecule has 2 aromatic carbocycles. The smallest absolute Gasteiger partial charge is 0.337 e. The summed E-state index contributed by atoms with van der Waals surface area (Å²) in [5.41, 5.74) is 4.11. The van der Waals surface area contributed by atoms with Crippen LogP contribution in [0.1, 0.15) is 22.3 Å². The Kier molecular flexibility index (Phi) is 6.54. The highest BCUT2D eigenvalue weighted by molar-refractivity contribution is 5.90. The van der Waals surface area contributed by atoms with Gasteiger partial charge in [0.05, 0.1) is 19.0 Å². The van der Waals surface area contributed by atoms with Crippen molar-refractivity contribution in [1.82, 2.24) is 20.0 Å². The minimum absolute atomic E-state index is 0.378. The second-order valence-corrected chi connectivity index (χ2v) is 7.18. The fraction of sp³-hybridized carbons (Fsp3) is 0.208. The van der Waals surface area contributed by atoms with Gasteiger partial charge in [-0.05, 0) is 30.7 Å². The Hall–Kier alpha value is -3.71. The van der Waals surface area contributed by atoms with Gasteiger partial charge in [-0.3, -0.25) is 0 Å². The molecule has 0 atom stereocenters. The van der Waals surface area contributed by atoms with E-state index >= 15 is 0 Å². The van der Waals surface area contributed by atoms with Crippen molar-refractivity contribution in [2.24, 2.45) is 0 Å². The van der Waals surface area contributed by atoms with Crippen LogP contribution in [0.2, 0.25) is 0 Å². The maximum absolute atomic E-state index is 11.7. The van der Waals surface area contributed by atoms with E-state index in [1.54, 1.807) is 24.4 Å². The first kappa shape index (κ1) is 20.6. The number of aryl methyl sites for hydroxylation is 1. The molecule has 1 N–H and O–H groups in total. The first-order chi connectivity index (χ1) is 15.2. The number of esters is 1. The van der Waals surface area contributed by atoms with E-state index < -0.39 is 0 Å². The topological polar surface area (TPSA) is 82.2 Å². The number of methoxy groups -OCH3 is 1. The van der Waals surface area contributed by atoms with Gasteiger partial charge in [-0.2, -0.15) is 0 Å². The van der Waals surface area contributed by atoms with E-state index in [-0.39, 0.29) is 5.97 Å². The minimum atomic E-state index is -0.378. The summed E-state index contributed by atoms with van der Waals surface area (Å²) in [6.45, 7) is 2.71. The van der Waals surface area contributed by atoms with Crippen molar-refractivity contribution in [2.45, 2.75) is 19.5 Å². The summed E-state index contributed by atoms with van der Waals surface area (Å²) in [6.07, 6.45) is 6.66. The average Bonchev–Trinajstić information content (AvgIpc) is 3.51. The Morgan fingerprint density at radius 3 is 2.77 bits per heavy atom. The van der Waals surface area contributed by atoms with E-state index in [9.17, 15) is 4.79 Å². The first-order valence-corrected chi connectivity index (χ1v) is 10.1. The summed E-state index contributed by atoms with van der Waals surface area (Å²) in [7, 11) is 1.36. The zero-order chi connectivity index (χ0) is 21.5.